The van der Waals surface area contributed by atoms with Crippen LogP contribution in [-0.2, 0) is 0 Å². The minimum atomic E-state index is 0.672. The van der Waals surface area contributed by atoms with E-state index in [-0.39, 0.29) is 0 Å². The molecule has 1 heterocycles. The van der Waals surface area contributed by atoms with E-state index in [1.165, 1.54) is 0 Å². The Balaban J connectivity index is 2.30. The Morgan fingerprint density at radius 3 is 3.11 bits per heavy atom. The molecule has 0 fully saturated rings. The zero-order valence-corrected chi connectivity index (χ0v) is 5.22. The van der Waals surface area contributed by atoms with Gasteiger partial charge in [0.15, 0.2) is 0 Å². The minimum absolute atomic E-state index is 0.672. The molecule has 0 radical (unpaired) electrons. The highest BCUT2D eigenvalue weighted by atomic mass is 14.9. The number of hydrogen-bond donors (Lipinski definition) is 3. The molecule has 3 nitrogen and oxygen atoms in total. The minimum Gasteiger partial charge on any atom is -0.383 e. The van der Waals surface area contributed by atoms with Gasteiger partial charge in [-0.2, -0.15) is 0 Å². The van der Waals surface area contributed by atoms with Crippen molar-refractivity contribution in [2.45, 2.75) is 0 Å². The Morgan fingerprint density at radius 1 is 1.67 bits per heavy atom. The second kappa shape index (κ2) is 3.14. The van der Waals surface area contributed by atoms with Gasteiger partial charge < -0.3 is 16.0 Å². The third-order valence-corrected chi connectivity index (χ3v) is 1.07. The molecule has 0 bridgehead atoms. The van der Waals surface area contributed by atoms with Gasteiger partial charge in [-0.05, 0) is 6.07 Å². The lowest BCUT2D eigenvalue weighted by molar-refractivity contribution is 1.02. The van der Waals surface area contributed by atoms with Crippen molar-refractivity contribution in [3.63, 3.8) is 0 Å². The van der Waals surface area contributed by atoms with Gasteiger partial charge in [0.05, 0.1) is 5.69 Å². The van der Waals surface area contributed by atoms with Crippen molar-refractivity contribution < 1.29 is 0 Å². The van der Waals surface area contributed by atoms with Gasteiger partial charge in [-0.3, -0.25) is 0 Å². The van der Waals surface area contributed by atoms with Crippen LogP contribution in [-0.4, -0.2) is 18.1 Å². The van der Waals surface area contributed by atoms with E-state index in [0.717, 1.165) is 12.2 Å². The zero-order valence-electron chi connectivity index (χ0n) is 5.22. The van der Waals surface area contributed by atoms with E-state index in [4.69, 9.17) is 5.73 Å². The van der Waals surface area contributed by atoms with Crippen molar-refractivity contribution in [3.8, 4) is 0 Å². The predicted octanol–water partition coefficient (Wildman–Crippen LogP) is 0.385. The Kier molecular flexibility index (Phi) is 2.15. The fourth-order valence-corrected chi connectivity index (χ4v) is 0.650. The molecule has 0 saturated carbocycles. The fraction of sp³-hybridized carbons (Fsp3) is 0.333. The van der Waals surface area contributed by atoms with E-state index >= 15 is 0 Å². The summed E-state index contributed by atoms with van der Waals surface area (Å²) >= 11 is 0. The highest BCUT2D eigenvalue weighted by molar-refractivity contribution is 5.39. The lowest BCUT2D eigenvalue weighted by Gasteiger charge is -1.97. The van der Waals surface area contributed by atoms with Crippen molar-refractivity contribution in [2.24, 2.45) is 5.73 Å². The molecule has 1 rings (SSSR count). The van der Waals surface area contributed by atoms with Gasteiger partial charge in [0.2, 0.25) is 0 Å². The van der Waals surface area contributed by atoms with Gasteiger partial charge in [-0.1, -0.05) is 0 Å². The summed E-state index contributed by atoms with van der Waals surface area (Å²) in [7, 11) is 0. The third-order valence-electron chi connectivity index (χ3n) is 1.07. The molecule has 0 amide bonds. The first-order valence-electron chi connectivity index (χ1n) is 3.00. The van der Waals surface area contributed by atoms with E-state index in [1.54, 1.807) is 0 Å². The van der Waals surface area contributed by atoms with E-state index in [9.17, 15) is 0 Å². The van der Waals surface area contributed by atoms with Gasteiger partial charge in [0.25, 0.3) is 0 Å². The number of anilines is 1. The van der Waals surface area contributed by atoms with Crippen LogP contribution in [0.3, 0.4) is 0 Å². The molecule has 3 heteroatoms. The molecule has 0 saturated heterocycles. The lowest BCUT2D eigenvalue weighted by Crippen LogP contribution is -2.12. The van der Waals surface area contributed by atoms with Crippen molar-refractivity contribution in [1.29, 1.82) is 0 Å². The molecule has 0 aliphatic carbocycles. The number of rotatable bonds is 3. The molecule has 50 valence electrons. The van der Waals surface area contributed by atoms with Crippen LogP contribution < -0.4 is 11.1 Å². The van der Waals surface area contributed by atoms with Crippen molar-refractivity contribution in [3.05, 3.63) is 18.5 Å². The topological polar surface area (TPSA) is 53.8 Å². The first-order valence-corrected chi connectivity index (χ1v) is 3.00. The maximum Gasteiger partial charge on any atom is 0.0518 e. The number of aromatic amines is 1. The highest BCUT2D eigenvalue weighted by Crippen LogP contribution is 2.01. The quantitative estimate of drug-likeness (QED) is 0.547. The summed E-state index contributed by atoms with van der Waals surface area (Å²) in [5.41, 5.74) is 6.37. The maximum atomic E-state index is 5.27. The van der Waals surface area contributed by atoms with Crippen LogP contribution in [0, 0.1) is 0 Å². The van der Waals surface area contributed by atoms with Crippen LogP contribution in [0.5, 0.6) is 0 Å². The number of H-pyrrole nitrogens is 1. The second-order valence-electron chi connectivity index (χ2n) is 1.82. The molecule has 0 aromatic carbocycles. The molecular weight excluding hydrogens is 114 g/mol. The molecule has 9 heavy (non-hydrogen) atoms. The van der Waals surface area contributed by atoms with Crippen molar-refractivity contribution in [2.75, 3.05) is 18.4 Å². The van der Waals surface area contributed by atoms with Crippen LogP contribution in [0.1, 0.15) is 0 Å². The summed E-state index contributed by atoms with van der Waals surface area (Å²) in [6.07, 6.45) is 3.77. The molecule has 0 aliphatic rings. The highest BCUT2D eigenvalue weighted by Gasteiger charge is 1.85. The molecule has 0 atom stereocenters. The third kappa shape index (κ3) is 1.77. The Hall–Kier alpha value is -0.960. The average molecular weight is 125 g/mol. The van der Waals surface area contributed by atoms with Crippen LogP contribution in [0.15, 0.2) is 18.5 Å². The molecular formula is C6H11N3. The van der Waals surface area contributed by atoms with Gasteiger partial charge in [0.1, 0.15) is 0 Å². The standard InChI is InChI=1S/C6H11N3/c7-2-4-9-6-1-3-8-5-6/h1,3,5,8-9H,2,4,7H2. The van der Waals surface area contributed by atoms with E-state index in [1.807, 2.05) is 18.5 Å². The summed E-state index contributed by atoms with van der Waals surface area (Å²) in [5.74, 6) is 0. The average Bonchev–Trinajstić information content (AvgIpc) is 2.34. The first-order chi connectivity index (χ1) is 4.43. The van der Waals surface area contributed by atoms with Gasteiger partial charge in [0, 0.05) is 25.5 Å². The molecule has 1 aromatic heterocycles. The summed E-state index contributed by atoms with van der Waals surface area (Å²) in [6.45, 7) is 1.50. The summed E-state index contributed by atoms with van der Waals surface area (Å²) in [5, 5.41) is 3.12. The number of nitrogens with two attached hydrogens (primary N) is 1. The van der Waals surface area contributed by atoms with E-state index < -0.39 is 0 Å². The normalized spacial score (nSPS) is 9.44. The monoisotopic (exact) mass is 125 g/mol. The predicted molar refractivity (Wildman–Crippen MR) is 38.3 cm³/mol. The van der Waals surface area contributed by atoms with Gasteiger partial charge in [-0.25, -0.2) is 0 Å². The first kappa shape index (κ1) is 6.16. The number of aromatic nitrogens is 1. The van der Waals surface area contributed by atoms with Crippen molar-refractivity contribution in [1.82, 2.24) is 4.98 Å². The van der Waals surface area contributed by atoms with Crippen molar-refractivity contribution >= 4 is 5.69 Å². The summed E-state index contributed by atoms with van der Waals surface area (Å²) in [4.78, 5) is 2.94. The second-order valence-corrected chi connectivity index (χ2v) is 1.82. The van der Waals surface area contributed by atoms with Gasteiger partial charge in [-0.15, -0.1) is 0 Å². The molecule has 0 aliphatic heterocycles. The zero-order chi connectivity index (χ0) is 6.53. The van der Waals surface area contributed by atoms with Crippen LogP contribution in [0.4, 0.5) is 5.69 Å². The Bertz CT molecular complexity index is 145. The SMILES string of the molecule is NCCNc1cc[nH]c1. The molecule has 0 spiro atoms. The van der Waals surface area contributed by atoms with E-state index in [0.29, 0.717) is 6.54 Å². The van der Waals surface area contributed by atoms with Crippen LogP contribution in [0.25, 0.3) is 0 Å². The smallest absolute Gasteiger partial charge is 0.0518 e. The fourth-order valence-electron chi connectivity index (χ4n) is 0.650. The molecule has 4 N–H and O–H groups in total. The molecule has 0 unspecified atom stereocenters. The Labute approximate surface area is 54.3 Å². The van der Waals surface area contributed by atoms with Crippen LogP contribution in [0.2, 0.25) is 0 Å². The summed E-state index contributed by atoms with van der Waals surface area (Å²) in [6, 6.07) is 1.97. The maximum absolute atomic E-state index is 5.27. The number of nitrogens with one attached hydrogen (secondary N) is 2. The largest absolute Gasteiger partial charge is 0.383 e. The van der Waals surface area contributed by atoms with E-state index in [2.05, 4.69) is 10.3 Å². The number of hydrogen-bond acceptors (Lipinski definition) is 2. The van der Waals surface area contributed by atoms with Crippen LogP contribution >= 0.6 is 0 Å². The van der Waals surface area contributed by atoms with Gasteiger partial charge >= 0.3 is 0 Å². The lowest BCUT2D eigenvalue weighted by atomic mass is 10.5. The summed E-state index contributed by atoms with van der Waals surface area (Å²) < 4.78 is 0. The Morgan fingerprint density at radius 2 is 2.56 bits per heavy atom. The molecule has 1 aromatic rings.